The summed E-state index contributed by atoms with van der Waals surface area (Å²) in [6.45, 7) is 0. The van der Waals surface area contributed by atoms with Crippen molar-refractivity contribution in [3.63, 3.8) is 0 Å². The summed E-state index contributed by atoms with van der Waals surface area (Å²) in [6.07, 6.45) is 5.54. The van der Waals surface area contributed by atoms with Crippen LogP contribution in [0.25, 0.3) is 0 Å². The normalized spacial score (nSPS) is 22.1. The lowest BCUT2D eigenvalue weighted by molar-refractivity contribution is 0.547. The number of fused-ring (bicyclic) bond motifs is 1. The summed E-state index contributed by atoms with van der Waals surface area (Å²) >= 11 is 1.90. The SMILES string of the molecule is CNC1c2ccccc2CCCC1Sc1ccccn1. The van der Waals surface area contributed by atoms with Gasteiger partial charge in [0.1, 0.15) is 0 Å². The molecule has 2 nitrogen and oxygen atoms in total. The number of aromatic nitrogens is 1. The Balaban J connectivity index is 1.88. The van der Waals surface area contributed by atoms with Crippen molar-refractivity contribution in [1.82, 2.24) is 10.3 Å². The fraction of sp³-hybridized carbons (Fsp3) is 0.353. The van der Waals surface area contributed by atoms with E-state index in [0.29, 0.717) is 11.3 Å². The second-order valence-corrected chi connectivity index (χ2v) is 6.44. The average molecular weight is 284 g/mol. The monoisotopic (exact) mass is 284 g/mol. The maximum absolute atomic E-state index is 4.46. The van der Waals surface area contributed by atoms with E-state index in [1.807, 2.05) is 24.0 Å². The standard InChI is InChI=1S/C17H20N2S/c1-18-17-14-9-3-2-7-13(14)8-6-10-15(17)20-16-11-4-5-12-19-16/h2-5,7,9,11-12,15,17-18H,6,8,10H2,1H3. The topological polar surface area (TPSA) is 24.9 Å². The van der Waals surface area contributed by atoms with Gasteiger partial charge in [-0.1, -0.05) is 30.3 Å². The van der Waals surface area contributed by atoms with E-state index in [-0.39, 0.29) is 0 Å². The molecule has 0 amide bonds. The minimum Gasteiger partial charge on any atom is -0.312 e. The molecule has 0 aliphatic heterocycles. The molecule has 2 unspecified atom stereocenters. The van der Waals surface area contributed by atoms with Gasteiger partial charge in [0.2, 0.25) is 0 Å². The van der Waals surface area contributed by atoms with Crippen molar-refractivity contribution in [2.24, 2.45) is 0 Å². The molecule has 0 radical (unpaired) electrons. The largest absolute Gasteiger partial charge is 0.312 e. The first-order valence-electron chi connectivity index (χ1n) is 7.21. The number of hydrogen-bond donors (Lipinski definition) is 1. The summed E-state index contributed by atoms with van der Waals surface area (Å²) in [6, 6.07) is 15.4. The molecule has 0 saturated carbocycles. The van der Waals surface area contributed by atoms with Crippen LogP contribution < -0.4 is 5.32 Å². The number of hydrogen-bond acceptors (Lipinski definition) is 3. The number of nitrogens with one attached hydrogen (secondary N) is 1. The number of rotatable bonds is 3. The van der Waals surface area contributed by atoms with Crippen LogP contribution in [0.3, 0.4) is 0 Å². The lowest BCUT2D eigenvalue weighted by atomic mass is 9.99. The van der Waals surface area contributed by atoms with Crippen LogP contribution in [0.1, 0.15) is 30.0 Å². The summed E-state index contributed by atoms with van der Waals surface area (Å²) in [4.78, 5) is 4.46. The van der Waals surface area contributed by atoms with Gasteiger partial charge in [0, 0.05) is 17.5 Å². The molecule has 3 heteroatoms. The van der Waals surface area contributed by atoms with E-state index in [0.717, 1.165) is 5.03 Å². The smallest absolute Gasteiger partial charge is 0.0963 e. The maximum atomic E-state index is 4.46. The van der Waals surface area contributed by atoms with E-state index < -0.39 is 0 Å². The predicted octanol–water partition coefficient (Wildman–Crippen LogP) is 3.84. The van der Waals surface area contributed by atoms with Crippen LogP contribution in [0.5, 0.6) is 0 Å². The molecule has 20 heavy (non-hydrogen) atoms. The third kappa shape index (κ3) is 2.89. The van der Waals surface area contributed by atoms with Gasteiger partial charge in [0.05, 0.1) is 5.03 Å². The molecule has 0 bridgehead atoms. The molecular formula is C17H20N2S. The molecule has 2 atom stereocenters. The van der Waals surface area contributed by atoms with Crippen molar-refractivity contribution in [2.45, 2.75) is 35.6 Å². The average Bonchev–Trinajstić information content (AvgIpc) is 2.67. The third-order valence-electron chi connectivity index (χ3n) is 3.92. The van der Waals surface area contributed by atoms with Crippen molar-refractivity contribution >= 4 is 11.8 Å². The molecule has 2 aromatic rings. The fourth-order valence-corrected chi connectivity index (χ4v) is 4.26. The van der Waals surface area contributed by atoms with Crippen molar-refractivity contribution in [3.05, 3.63) is 59.8 Å². The zero-order valence-corrected chi connectivity index (χ0v) is 12.6. The summed E-state index contributed by atoms with van der Waals surface area (Å²) in [5, 5.41) is 5.18. The van der Waals surface area contributed by atoms with Crippen LogP contribution in [-0.2, 0) is 6.42 Å². The minimum atomic E-state index is 0.403. The van der Waals surface area contributed by atoms with E-state index in [1.54, 1.807) is 0 Å². The van der Waals surface area contributed by atoms with Gasteiger partial charge in [-0.2, -0.15) is 0 Å². The quantitative estimate of drug-likeness (QED) is 0.867. The van der Waals surface area contributed by atoms with Gasteiger partial charge >= 0.3 is 0 Å². The Labute approximate surface area is 125 Å². The first kappa shape index (κ1) is 13.7. The number of nitrogens with zero attached hydrogens (tertiary/aromatic N) is 1. The molecule has 104 valence electrons. The Hall–Kier alpha value is -1.32. The summed E-state index contributed by atoms with van der Waals surface area (Å²) in [7, 11) is 2.07. The third-order valence-corrected chi connectivity index (χ3v) is 5.21. The van der Waals surface area contributed by atoms with Crippen LogP contribution in [0, 0.1) is 0 Å². The van der Waals surface area contributed by atoms with Crippen LogP contribution in [0.4, 0.5) is 0 Å². The predicted molar refractivity (Wildman–Crippen MR) is 85.1 cm³/mol. The maximum Gasteiger partial charge on any atom is 0.0963 e. The molecule has 3 rings (SSSR count). The molecule has 1 aromatic heterocycles. The molecule has 1 aromatic carbocycles. The zero-order chi connectivity index (χ0) is 13.8. The first-order valence-corrected chi connectivity index (χ1v) is 8.09. The summed E-state index contributed by atoms with van der Waals surface area (Å²) < 4.78 is 0. The molecular weight excluding hydrogens is 264 g/mol. The van der Waals surface area contributed by atoms with Crippen LogP contribution in [0.2, 0.25) is 0 Å². The number of aryl methyl sites for hydroxylation is 1. The Morgan fingerprint density at radius 1 is 1.15 bits per heavy atom. The van der Waals surface area contributed by atoms with Gasteiger partial charge in [-0.3, -0.25) is 0 Å². The van der Waals surface area contributed by atoms with Gasteiger partial charge in [0.15, 0.2) is 0 Å². The van der Waals surface area contributed by atoms with Crippen molar-refractivity contribution in [1.29, 1.82) is 0 Å². The highest BCUT2D eigenvalue weighted by Crippen LogP contribution is 2.38. The Morgan fingerprint density at radius 3 is 2.80 bits per heavy atom. The van der Waals surface area contributed by atoms with E-state index in [2.05, 4.69) is 53.7 Å². The lowest BCUT2D eigenvalue weighted by Crippen LogP contribution is -2.27. The van der Waals surface area contributed by atoms with Crippen molar-refractivity contribution in [2.75, 3.05) is 7.05 Å². The molecule has 1 N–H and O–H groups in total. The number of pyridine rings is 1. The van der Waals surface area contributed by atoms with E-state index in [9.17, 15) is 0 Å². The van der Waals surface area contributed by atoms with Crippen LogP contribution in [0.15, 0.2) is 53.7 Å². The summed E-state index contributed by atoms with van der Waals surface area (Å²) in [5.41, 5.74) is 2.96. The van der Waals surface area contributed by atoms with Gasteiger partial charge in [-0.25, -0.2) is 4.98 Å². The van der Waals surface area contributed by atoms with Crippen molar-refractivity contribution in [3.8, 4) is 0 Å². The minimum absolute atomic E-state index is 0.403. The van der Waals surface area contributed by atoms with Gasteiger partial charge in [-0.05, 0) is 49.6 Å². The highest BCUT2D eigenvalue weighted by Gasteiger charge is 2.27. The fourth-order valence-electron chi connectivity index (χ4n) is 2.97. The van der Waals surface area contributed by atoms with Crippen molar-refractivity contribution < 1.29 is 0 Å². The molecule has 0 saturated heterocycles. The molecule has 0 spiro atoms. The molecule has 1 heterocycles. The molecule has 1 aliphatic carbocycles. The summed E-state index contributed by atoms with van der Waals surface area (Å²) in [5.74, 6) is 0. The Kier molecular flexibility index (Phi) is 4.38. The number of thioether (sulfide) groups is 1. The highest BCUT2D eigenvalue weighted by molar-refractivity contribution is 7.99. The lowest BCUT2D eigenvalue weighted by Gasteiger charge is -2.25. The second-order valence-electron chi connectivity index (χ2n) is 5.18. The molecule has 0 fully saturated rings. The highest BCUT2D eigenvalue weighted by atomic mass is 32.2. The Morgan fingerprint density at radius 2 is 2.00 bits per heavy atom. The van der Waals surface area contributed by atoms with E-state index >= 15 is 0 Å². The zero-order valence-electron chi connectivity index (χ0n) is 11.8. The van der Waals surface area contributed by atoms with Gasteiger partial charge < -0.3 is 5.32 Å². The van der Waals surface area contributed by atoms with Gasteiger partial charge in [0.25, 0.3) is 0 Å². The van der Waals surface area contributed by atoms with E-state index in [4.69, 9.17) is 0 Å². The van der Waals surface area contributed by atoms with Crippen LogP contribution >= 0.6 is 11.8 Å². The Bertz CT molecular complexity index is 556. The molecule has 1 aliphatic rings. The number of benzene rings is 1. The first-order chi connectivity index (χ1) is 9.88. The van der Waals surface area contributed by atoms with E-state index in [1.165, 1.54) is 30.4 Å². The second kappa shape index (κ2) is 6.42. The van der Waals surface area contributed by atoms with Crippen LogP contribution in [-0.4, -0.2) is 17.3 Å². The van der Waals surface area contributed by atoms with Gasteiger partial charge in [-0.15, -0.1) is 11.8 Å².